The van der Waals surface area contributed by atoms with Crippen molar-refractivity contribution in [1.29, 1.82) is 0 Å². The standard InChI is InChI=1S/C24H24N2O6/c1-23(2,3)31-22(30)25-16-9-6-8-15(14-16)24(12-7-13-24)21(29)32-26-19(27)17-10-4-5-11-18(17)20(26)28/h4-6,8-11,14H,7,12-13H2,1-3H3,(H,25,30). The van der Waals surface area contributed by atoms with E-state index in [0.717, 1.165) is 6.42 Å². The maximum atomic E-state index is 13.2. The molecule has 1 saturated carbocycles. The van der Waals surface area contributed by atoms with Crippen LogP contribution in [0, 0.1) is 0 Å². The molecule has 8 heteroatoms. The molecule has 1 fully saturated rings. The van der Waals surface area contributed by atoms with E-state index in [-0.39, 0.29) is 11.1 Å². The van der Waals surface area contributed by atoms with Gasteiger partial charge in [-0.15, -0.1) is 0 Å². The van der Waals surface area contributed by atoms with Crippen molar-refractivity contribution >= 4 is 29.6 Å². The fourth-order valence-corrected chi connectivity index (χ4v) is 3.88. The van der Waals surface area contributed by atoms with Crippen LogP contribution in [0.4, 0.5) is 10.5 Å². The number of imide groups is 1. The molecule has 8 nitrogen and oxygen atoms in total. The Hall–Kier alpha value is -3.68. The molecular weight excluding hydrogens is 412 g/mol. The first kappa shape index (κ1) is 21.5. The summed E-state index contributed by atoms with van der Waals surface area (Å²) in [4.78, 5) is 55.8. The van der Waals surface area contributed by atoms with Gasteiger partial charge < -0.3 is 9.57 Å². The van der Waals surface area contributed by atoms with Crippen molar-refractivity contribution < 1.29 is 28.8 Å². The number of hydrogen-bond acceptors (Lipinski definition) is 6. The lowest BCUT2D eigenvalue weighted by atomic mass is 9.64. The Labute approximate surface area is 185 Å². The summed E-state index contributed by atoms with van der Waals surface area (Å²) in [5, 5.41) is 3.20. The number of amides is 3. The van der Waals surface area contributed by atoms with Crippen molar-refractivity contribution in [3.8, 4) is 0 Å². The quantitative estimate of drug-likeness (QED) is 0.721. The summed E-state index contributed by atoms with van der Waals surface area (Å²) in [5.41, 5.74) is -0.128. The molecule has 1 N–H and O–H groups in total. The topological polar surface area (TPSA) is 102 Å². The van der Waals surface area contributed by atoms with Crippen molar-refractivity contribution in [2.24, 2.45) is 0 Å². The van der Waals surface area contributed by atoms with Gasteiger partial charge in [-0.05, 0) is 63.4 Å². The van der Waals surface area contributed by atoms with Gasteiger partial charge in [0.25, 0.3) is 11.8 Å². The minimum absolute atomic E-state index is 0.205. The van der Waals surface area contributed by atoms with Crippen molar-refractivity contribution in [2.45, 2.75) is 51.0 Å². The summed E-state index contributed by atoms with van der Waals surface area (Å²) in [6.45, 7) is 5.30. The van der Waals surface area contributed by atoms with E-state index < -0.39 is 34.9 Å². The van der Waals surface area contributed by atoms with E-state index >= 15 is 0 Å². The maximum Gasteiger partial charge on any atom is 0.412 e. The van der Waals surface area contributed by atoms with Crippen molar-refractivity contribution in [2.75, 3.05) is 5.32 Å². The molecule has 32 heavy (non-hydrogen) atoms. The molecule has 1 aliphatic heterocycles. The number of hydroxylamine groups is 2. The molecule has 1 aliphatic carbocycles. The molecule has 0 unspecified atom stereocenters. The molecule has 0 atom stereocenters. The average molecular weight is 436 g/mol. The summed E-state index contributed by atoms with van der Waals surface area (Å²) >= 11 is 0. The first-order valence-corrected chi connectivity index (χ1v) is 10.4. The van der Waals surface area contributed by atoms with Crippen LogP contribution in [0.2, 0.25) is 0 Å². The van der Waals surface area contributed by atoms with Crippen LogP contribution in [0.1, 0.15) is 66.3 Å². The normalized spacial score (nSPS) is 16.8. The Morgan fingerprint density at radius 3 is 2.12 bits per heavy atom. The molecular formula is C24H24N2O6. The number of benzene rings is 2. The van der Waals surface area contributed by atoms with E-state index in [1.54, 1.807) is 57.2 Å². The van der Waals surface area contributed by atoms with Gasteiger partial charge in [-0.25, -0.2) is 9.59 Å². The first-order chi connectivity index (χ1) is 15.1. The van der Waals surface area contributed by atoms with Crippen LogP contribution in [0.3, 0.4) is 0 Å². The Kier molecular flexibility index (Phi) is 5.24. The second-order valence-electron chi connectivity index (χ2n) is 8.97. The molecule has 0 saturated heterocycles. The predicted octanol–water partition coefficient (Wildman–Crippen LogP) is 4.21. The van der Waals surface area contributed by atoms with Gasteiger partial charge in [-0.2, -0.15) is 0 Å². The molecule has 2 aromatic carbocycles. The van der Waals surface area contributed by atoms with Gasteiger partial charge in [-0.3, -0.25) is 14.9 Å². The highest BCUT2D eigenvalue weighted by Crippen LogP contribution is 2.46. The summed E-state index contributed by atoms with van der Waals surface area (Å²) in [6.07, 6.45) is 1.20. The van der Waals surface area contributed by atoms with Gasteiger partial charge in [0.1, 0.15) is 5.60 Å². The van der Waals surface area contributed by atoms with E-state index in [4.69, 9.17) is 9.57 Å². The zero-order valence-electron chi connectivity index (χ0n) is 18.1. The van der Waals surface area contributed by atoms with Crippen LogP contribution in [0.25, 0.3) is 0 Å². The van der Waals surface area contributed by atoms with Crippen LogP contribution < -0.4 is 5.32 Å². The van der Waals surface area contributed by atoms with Crippen LogP contribution >= 0.6 is 0 Å². The zero-order chi connectivity index (χ0) is 23.1. The van der Waals surface area contributed by atoms with E-state index in [1.807, 2.05) is 0 Å². The van der Waals surface area contributed by atoms with Crippen LogP contribution in [0.15, 0.2) is 48.5 Å². The van der Waals surface area contributed by atoms with E-state index in [0.29, 0.717) is 29.2 Å². The number of hydrogen-bond donors (Lipinski definition) is 1. The Bertz CT molecular complexity index is 1080. The fourth-order valence-electron chi connectivity index (χ4n) is 3.88. The molecule has 0 spiro atoms. The van der Waals surface area contributed by atoms with E-state index in [9.17, 15) is 19.2 Å². The fraction of sp³-hybridized carbons (Fsp3) is 0.333. The lowest BCUT2D eigenvalue weighted by molar-refractivity contribution is -0.179. The molecule has 2 aliphatic rings. The van der Waals surface area contributed by atoms with Gasteiger partial charge in [0.2, 0.25) is 0 Å². The second kappa shape index (κ2) is 7.78. The highest BCUT2D eigenvalue weighted by molar-refractivity contribution is 6.21. The molecule has 0 aromatic heterocycles. The van der Waals surface area contributed by atoms with Crippen molar-refractivity contribution in [3.63, 3.8) is 0 Å². The molecule has 166 valence electrons. The van der Waals surface area contributed by atoms with Crippen LogP contribution in [-0.4, -0.2) is 34.5 Å². The SMILES string of the molecule is CC(C)(C)OC(=O)Nc1cccc(C2(C(=O)ON3C(=O)c4ccccc4C3=O)CCC2)c1. The van der Waals surface area contributed by atoms with E-state index in [1.165, 1.54) is 12.1 Å². The summed E-state index contributed by atoms with van der Waals surface area (Å²) in [5.74, 6) is -1.99. The third-order valence-electron chi connectivity index (χ3n) is 5.59. The average Bonchev–Trinajstić information content (AvgIpc) is 2.91. The largest absolute Gasteiger partial charge is 0.444 e. The van der Waals surface area contributed by atoms with Crippen LogP contribution in [-0.2, 0) is 19.8 Å². The zero-order valence-corrected chi connectivity index (χ0v) is 18.1. The number of carbonyl (C=O) groups excluding carboxylic acids is 4. The third-order valence-corrected chi connectivity index (χ3v) is 5.59. The summed E-state index contributed by atoms with van der Waals surface area (Å²) in [7, 11) is 0. The molecule has 3 amide bonds. The van der Waals surface area contributed by atoms with Gasteiger partial charge in [0.15, 0.2) is 0 Å². The third kappa shape index (κ3) is 3.84. The van der Waals surface area contributed by atoms with E-state index in [2.05, 4.69) is 5.32 Å². The summed E-state index contributed by atoms with van der Waals surface area (Å²) < 4.78 is 5.27. The van der Waals surface area contributed by atoms with Gasteiger partial charge in [-0.1, -0.05) is 35.7 Å². The monoisotopic (exact) mass is 436 g/mol. The first-order valence-electron chi connectivity index (χ1n) is 10.4. The lowest BCUT2D eigenvalue weighted by Crippen LogP contribution is -2.47. The number of nitrogens with one attached hydrogen (secondary N) is 1. The lowest BCUT2D eigenvalue weighted by Gasteiger charge is -2.40. The maximum absolute atomic E-state index is 13.2. The van der Waals surface area contributed by atoms with Gasteiger partial charge >= 0.3 is 12.1 Å². The molecule has 0 bridgehead atoms. The van der Waals surface area contributed by atoms with Gasteiger partial charge in [0, 0.05) is 5.69 Å². The molecule has 2 aromatic rings. The summed E-state index contributed by atoms with van der Waals surface area (Å²) in [6, 6.07) is 13.2. The highest BCUT2D eigenvalue weighted by Gasteiger charge is 2.50. The minimum atomic E-state index is -0.999. The molecule has 4 rings (SSSR count). The van der Waals surface area contributed by atoms with Gasteiger partial charge in [0.05, 0.1) is 16.5 Å². The highest BCUT2D eigenvalue weighted by atomic mass is 16.7. The smallest absolute Gasteiger partial charge is 0.412 e. The Morgan fingerprint density at radius 2 is 1.59 bits per heavy atom. The van der Waals surface area contributed by atoms with Crippen molar-refractivity contribution in [1.82, 2.24) is 5.06 Å². The van der Waals surface area contributed by atoms with Crippen molar-refractivity contribution in [3.05, 3.63) is 65.2 Å². The predicted molar refractivity (Wildman–Crippen MR) is 115 cm³/mol. The Morgan fingerprint density at radius 1 is 0.969 bits per heavy atom. The minimum Gasteiger partial charge on any atom is -0.444 e. The number of fused-ring (bicyclic) bond motifs is 1. The number of anilines is 1. The van der Waals surface area contributed by atoms with Crippen LogP contribution in [0.5, 0.6) is 0 Å². The second-order valence-corrected chi connectivity index (χ2v) is 8.97. The molecule has 0 radical (unpaired) electrons. The number of rotatable bonds is 4. The number of ether oxygens (including phenoxy) is 1. The Balaban J connectivity index is 1.53. The molecule has 1 heterocycles. The number of carbonyl (C=O) groups is 4. The number of nitrogens with zero attached hydrogens (tertiary/aromatic N) is 1.